The number of benzene rings is 1. The molecular weight excluding hydrogens is 391 g/mol. The van der Waals surface area contributed by atoms with E-state index in [0.29, 0.717) is 27.2 Å². The van der Waals surface area contributed by atoms with Crippen LogP contribution in [0.4, 0.5) is 18.9 Å². The minimum absolute atomic E-state index is 0.169. The van der Waals surface area contributed by atoms with Gasteiger partial charge in [0.25, 0.3) is 5.91 Å². The molecule has 0 radical (unpaired) electrons. The molecule has 0 aliphatic rings. The second-order valence-electron chi connectivity index (χ2n) is 5.92. The van der Waals surface area contributed by atoms with Gasteiger partial charge in [-0.05, 0) is 36.8 Å². The number of aromatic nitrogens is 4. The average molecular weight is 403 g/mol. The molecular formula is C18H12F3N5OS. The number of fused-ring (bicyclic) bond motifs is 1. The van der Waals surface area contributed by atoms with Gasteiger partial charge in [0.15, 0.2) is 0 Å². The van der Waals surface area contributed by atoms with Crippen LogP contribution in [-0.2, 0) is 6.18 Å². The largest absolute Gasteiger partial charge is 0.433 e. The Morgan fingerprint density at radius 2 is 1.96 bits per heavy atom. The van der Waals surface area contributed by atoms with Crippen LogP contribution < -0.4 is 5.32 Å². The van der Waals surface area contributed by atoms with Crippen molar-refractivity contribution in [3.8, 4) is 5.69 Å². The lowest BCUT2D eigenvalue weighted by molar-refractivity contribution is -0.140. The summed E-state index contributed by atoms with van der Waals surface area (Å²) in [5.74, 6) is -0.429. The predicted octanol–water partition coefficient (Wildman–Crippen LogP) is 4.46. The van der Waals surface area contributed by atoms with Gasteiger partial charge in [-0.1, -0.05) is 17.3 Å². The molecule has 0 atom stereocenters. The molecule has 1 aromatic carbocycles. The first-order chi connectivity index (χ1) is 13.3. The van der Waals surface area contributed by atoms with Crippen LogP contribution in [0.5, 0.6) is 0 Å². The second-order valence-corrected chi connectivity index (χ2v) is 6.92. The van der Waals surface area contributed by atoms with Crippen LogP contribution in [0.3, 0.4) is 0 Å². The minimum Gasteiger partial charge on any atom is -0.319 e. The highest BCUT2D eigenvalue weighted by Crippen LogP contribution is 2.34. The highest BCUT2D eigenvalue weighted by molar-refractivity contribution is 7.20. The zero-order chi connectivity index (χ0) is 19.9. The molecule has 0 bridgehead atoms. The van der Waals surface area contributed by atoms with E-state index in [0.717, 1.165) is 17.4 Å². The van der Waals surface area contributed by atoms with E-state index in [1.165, 1.54) is 16.9 Å². The van der Waals surface area contributed by atoms with Crippen LogP contribution in [-0.4, -0.2) is 25.9 Å². The topological polar surface area (TPSA) is 72.7 Å². The first-order valence-corrected chi connectivity index (χ1v) is 8.90. The molecule has 3 heterocycles. The molecule has 4 aromatic rings. The van der Waals surface area contributed by atoms with Gasteiger partial charge >= 0.3 is 6.18 Å². The summed E-state index contributed by atoms with van der Waals surface area (Å²) in [6, 6.07) is 9.28. The number of thiophene rings is 1. The summed E-state index contributed by atoms with van der Waals surface area (Å²) in [5, 5.41) is 11.0. The summed E-state index contributed by atoms with van der Waals surface area (Å²) in [7, 11) is 0. The zero-order valence-electron chi connectivity index (χ0n) is 14.4. The van der Waals surface area contributed by atoms with Gasteiger partial charge in [0, 0.05) is 5.39 Å². The maximum Gasteiger partial charge on any atom is 0.433 e. The molecule has 6 nitrogen and oxygen atoms in total. The Hall–Kier alpha value is -3.27. The average Bonchev–Trinajstić information content (AvgIpc) is 3.30. The Labute approximate surface area is 160 Å². The summed E-state index contributed by atoms with van der Waals surface area (Å²) >= 11 is 0.927. The maximum absolute atomic E-state index is 12.9. The summed E-state index contributed by atoms with van der Waals surface area (Å²) in [6.45, 7) is 1.69. The number of rotatable bonds is 3. The van der Waals surface area contributed by atoms with Crippen molar-refractivity contribution in [1.29, 1.82) is 0 Å². The molecule has 0 aliphatic carbocycles. The number of hydrogen-bond donors (Lipinski definition) is 1. The van der Waals surface area contributed by atoms with Crippen molar-refractivity contribution in [3.05, 3.63) is 64.9 Å². The lowest BCUT2D eigenvalue weighted by atomic mass is 10.1. The smallest absolute Gasteiger partial charge is 0.319 e. The maximum atomic E-state index is 12.9. The van der Waals surface area contributed by atoms with E-state index >= 15 is 0 Å². The fraction of sp³-hybridized carbons (Fsp3) is 0.111. The Bertz CT molecular complexity index is 1170. The fourth-order valence-electron chi connectivity index (χ4n) is 2.77. The molecule has 0 saturated carbocycles. The second kappa shape index (κ2) is 6.71. The molecule has 10 heteroatoms. The number of nitrogens with zero attached hydrogens (tertiary/aromatic N) is 4. The molecule has 0 aliphatic heterocycles. The Kier molecular flexibility index (Phi) is 4.34. The van der Waals surface area contributed by atoms with Gasteiger partial charge in [-0.2, -0.15) is 13.2 Å². The van der Waals surface area contributed by atoms with Crippen LogP contribution in [0.25, 0.3) is 15.9 Å². The third-order valence-corrected chi connectivity index (χ3v) is 5.32. The predicted molar refractivity (Wildman–Crippen MR) is 98.7 cm³/mol. The Balaban J connectivity index is 1.70. The number of pyridine rings is 1. The number of alkyl halides is 3. The normalized spacial score (nSPS) is 11.7. The van der Waals surface area contributed by atoms with E-state index in [1.807, 2.05) is 0 Å². The standard InChI is InChI=1S/C18H12F3N5OS/c1-10-11-6-7-14(18(19,20)21)24-17(11)28-15(10)16(27)23-12-4-2-3-5-13(12)26-9-8-22-25-26/h2-9H,1H3,(H,23,27). The molecule has 4 rings (SSSR count). The van der Waals surface area contributed by atoms with Crippen molar-refractivity contribution < 1.29 is 18.0 Å². The van der Waals surface area contributed by atoms with E-state index in [1.54, 1.807) is 37.4 Å². The van der Waals surface area contributed by atoms with Gasteiger partial charge in [0.2, 0.25) is 0 Å². The van der Waals surface area contributed by atoms with Crippen LogP contribution >= 0.6 is 11.3 Å². The van der Waals surface area contributed by atoms with Crippen molar-refractivity contribution in [3.63, 3.8) is 0 Å². The monoisotopic (exact) mass is 403 g/mol. The molecule has 28 heavy (non-hydrogen) atoms. The number of anilines is 1. The molecule has 142 valence electrons. The summed E-state index contributed by atoms with van der Waals surface area (Å²) in [6.07, 6.45) is -1.39. The first kappa shape index (κ1) is 18.1. The third-order valence-electron chi connectivity index (χ3n) is 4.12. The molecule has 1 N–H and O–H groups in total. The fourth-order valence-corrected chi connectivity index (χ4v) is 3.84. The summed E-state index contributed by atoms with van der Waals surface area (Å²) < 4.78 is 40.2. The minimum atomic E-state index is -4.54. The van der Waals surface area contributed by atoms with Crippen LogP contribution in [0.2, 0.25) is 0 Å². The first-order valence-electron chi connectivity index (χ1n) is 8.09. The van der Waals surface area contributed by atoms with Gasteiger partial charge in [-0.3, -0.25) is 4.79 Å². The lowest BCUT2D eigenvalue weighted by Crippen LogP contribution is -2.13. The summed E-state index contributed by atoms with van der Waals surface area (Å²) in [5.41, 5.74) is 0.713. The molecule has 1 amide bonds. The molecule has 3 aromatic heterocycles. The van der Waals surface area contributed by atoms with Crippen molar-refractivity contribution in [2.45, 2.75) is 13.1 Å². The molecule has 0 spiro atoms. The van der Waals surface area contributed by atoms with E-state index < -0.39 is 17.8 Å². The van der Waals surface area contributed by atoms with Crippen molar-refractivity contribution in [2.75, 3.05) is 5.32 Å². The number of aryl methyl sites for hydroxylation is 1. The van der Waals surface area contributed by atoms with Crippen molar-refractivity contribution in [1.82, 2.24) is 20.0 Å². The number of nitrogens with one attached hydrogen (secondary N) is 1. The summed E-state index contributed by atoms with van der Waals surface area (Å²) in [4.78, 5) is 16.9. The van der Waals surface area contributed by atoms with Gasteiger partial charge < -0.3 is 5.32 Å². The van der Waals surface area contributed by atoms with E-state index in [9.17, 15) is 18.0 Å². The Morgan fingerprint density at radius 1 is 1.18 bits per heavy atom. The van der Waals surface area contributed by atoms with Crippen molar-refractivity contribution >= 4 is 33.1 Å². The van der Waals surface area contributed by atoms with Crippen molar-refractivity contribution in [2.24, 2.45) is 0 Å². The van der Waals surface area contributed by atoms with Gasteiger partial charge in [-0.25, -0.2) is 9.67 Å². The van der Waals surface area contributed by atoms with Crippen LogP contribution in [0.1, 0.15) is 20.9 Å². The van der Waals surface area contributed by atoms with Crippen LogP contribution in [0.15, 0.2) is 48.8 Å². The van der Waals surface area contributed by atoms with E-state index in [4.69, 9.17) is 0 Å². The Morgan fingerprint density at radius 3 is 2.68 bits per heavy atom. The quantitative estimate of drug-likeness (QED) is 0.548. The lowest BCUT2D eigenvalue weighted by Gasteiger charge is -2.10. The zero-order valence-corrected chi connectivity index (χ0v) is 15.2. The number of amides is 1. The molecule has 0 saturated heterocycles. The van der Waals surface area contributed by atoms with Gasteiger partial charge in [-0.15, -0.1) is 16.4 Å². The third kappa shape index (κ3) is 3.22. The van der Waals surface area contributed by atoms with E-state index in [2.05, 4.69) is 20.6 Å². The number of carbonyl (C=O) groups excluding carboxylic acids is 1. The highest BCUT2D eigenvalue weighted by atomic mass is 32.1. The van der Waals surface area contributed by atoms with E-state index in [-0.39, 0.29) is 4.83 Å². The SMILES string of the molecule is Cc1c(C(=O)Nc2ccccc2-n2ccnn2)sc2nc(C(F)(F)F)ccc12. The van der Waals surface area contributed by atoms with Gasteiger partial charge in [0.1, 0.15) is 10.5 Å². The number of hydrogen-bond acceptors (Lipinski definition) is 5. The number of carbonyl (C=O) groups is 1. The van der Waals surface area contributed by atoms with Crippen LogP contribution in [0, 0.1) is 6.92 Å². The molecule has 0 fully saturated rings. The highest BCUT2D eigenvalue weighted by Gasteiger charge is 2.33. The molecule has 0 unspecified atom stereocenters. The number of halogens is 3. The van der Waals surface area contributed by atoms with Gasteiger partial charge in [0.05, 0.1) is 28.6 Å². The number of para-hydroxylation sites is 2.